The van der Waals surface area contributed by atoms with E-state index in [9.17, 15) is 0 Å². The second kappa shape index (κ2) is 13.2. The summed E-state index contributed by atoms with van der Waals surface area (Å²) in [6, 6.07) is 25.9. The van der Waals surface area contributed by atoms with Crippen molar-refractivity contribution in [3.05, 3.63) is 112 Å². The van der Waals surface area contributed by atoms with Crippen LogP contribution < -0.4 is 5.73 Å². The molecule has 0 aliphatic heterocycles. The lowest BCUT2D eigenvalue weighted by atomic mass is 10.0. The molecule has 3 aromatic carbocycles. The zero-order valence-electron chi connectivity index (χ0n) is 21.4. The number of hydrogen-bond donors (Lipinski definition) is 1. The molecule has 0 saturated carbocycles. The van der Waals surface area contributed by atoms with Crippen molar-refractivity contribution >= 4 is 23.2 Å². The highest BCUT2D eigenvalue weighted by Gasteiger charge is 2.30. The highest BCUT2D eigenvalue weighted by Crippen LogP contribution is 2.32. The largest absolute Gasteiger partial charge is 0.330 e. The van der Waals surface area contributed by atoms with Crippen LogP contribution in [0.4, 0.5) is 0 Å². The summed E-state index contributed by atoms with van der Waals surface area (Å²) >= 11 is 12.4. The predicted molar refractivity (Wildman–Crippen MR) is 152 cm³/mol. The van der Waals surface area contributed by atoms with E-state index in [2.05, 4.69) is 53.9 Å². The van der Waals surface area contributed by atoms with E-state index >= 15 is 0 Å². The zero-order valence-corrected chi connectivity index (χ0v) is 22.9. The first kappa shape index (κ1) is 27.4. The van der Waals surface area contributed by atoms with Gasteiger partial charge in [-0.3, -0.25) is 4.84 Å². The van der Waals surface area contributed by atoms with Crippen molar-refractivity contribution < 1.29 is 4.84 Å². The third kappa shape index (κ3) is 7.44. The molecule has 194 valence electrons. The highest BCUT2D eigenvalue weighted by molar-refractivity contribution is 6.31. The molecule has 1 aromatic heterocycles. The third-order valence-corrected chi connectivity index (χ3v) is 6.71. The van der Waals surface area contributed by atoms with E-state index in [1.54, 1.807) is 0 Å². The second-order valence-corrected chi connectivity index (χ2v) is 10.4. The van der Waals surface area contributed by atoms with E-state index in [1.807, 2.05) is 54.6 Å². The van der Waals surface area contributed by atoms with Crippen LogP contribution in [0.3, 0.4) is 0 Å². The summed E-state index contributed by atoms with van der Waals surface area (Å²) in [7, 11) is 0. The monoisotopic (exact) mass is 536 g/mol. The number of nitrogens with two attached hydrogens (primary N) is 1. The Morgan fingerprint density at radius 2 is 1.68 bits per heavy atom. The Labute approximate surface area is 229 Å². The number of benzene rings is 3. The van der Waals surface area contributed by atoms with Crippen LogP contribution in [-0.4, -0.2) is 27.7 Å². The molecule has 0 bridgehead atoms. The van der Waals surface area contributed by atoms with Gasteiger partial charge >= 0.3 is 0 Å². The van der Waals surface area contributed by atoms with Crippen LogP contribution in [0.15, 0.2) is 85.1 Å². The standard InChI is InChI=1S/C30H34Cl2N4O/c1-22(2)29(36(17-7-16-33)37-21-24-12-14-26(31)15-13-24)30-34-28(25-10-6-11-27(32)18-25)20-35(30)19-23-8-4-3-5-9-23/h3-6,8-15,18,20,22,29H,7,16-17,19,21,33H2,1-2H3/t29-/m1/s1. The SMILES string of the molecule is CC(C)[C@H](c1nc(-c2cccc(Cl)c2)cn1Cc1ccccc1)N(CCCN)OCc1ccc(Cl)cc1. The maximum atomic E-state index is 6.45. The Morgan fingerprint density at radius 3 is 2.35 bits per heavy atom. The van der Waals surface area contributed by atoms with E-state index in [4.69, 9.17) is 38.8 Å². The maximum absolute atomic E-state index is 6.45. The third-order valence-electron chi connectivity index (χ3n) is 6.22. The van der Waals surface area contributed by atoms with Crippen LogP contribution in [-0.2, 0) is 18.0 Å². The first-order valence-electron chi connectivity index (χ1n) is 12.7. The molecule has 0 unspecified atom stereocenters. The molecule has 1 heterocycles. The Kier molecular flexibility index (Phi) is 9.78. The molecule has 4 rings (SSSR count). The molecule has 4 aromatic rings. The predicted octanol–water partition coefficient (Wildman–Crippen LogP) is 7.38. The van der Waals surface area contributed by atoms with Crippen LogP contribution in [0.5, 0.6) is 0 Å². The van der Waals surface area contributed by atoms with Crippen LogP contribution in [0.25, 0.3) is 11.3 Å². The first-order valence-corrected chi connectivity index (χ1v) is 13.4. The topological polar surface area (TPSA) is 56.3 Å². The molecule has 2 N–H and O–H groups in total. The normalized spacial score (nSPS) is 12.4. The highest BCUT2D eigenvalue weighted by atomic mass is 35.5. The number of nitrogens with zero attached hydrogens (tertiary/aromatic N) is 3. The second-order valence-electron chi connectivity index (χ2n) is 9.48. The quantitative estimate of drug-likeness (QED) is 0.192. The fourth-order valence-electron chi connectivity index (χ4n) is 4.39. The van der Waals surface area contributed by atoms with Crippen LogP contribution in [0.2, 0.25) is 10.0 Å². The van der Waals surface area contributed by atoms with E-state index < -0.39 is 0 Å². The van der Waals surface area contributed by atoms with Crippen molar-refractivity contribution in [3.63, 3.8) is 0 Å². The Bertz CT molecular complexity index is 1260. The number of aromatic nitrogens is 2. The molecule has 0 aliphatic rings. The number of hydroxylamine groups is 2. The molecular formula is C30H34Cl2N4O. The van der Waals surface area contributed by atoms with Gasteiger partial charge in [-0.2, -0.15) is 5.06 Å². The van der Waals surface area contributed by atoms with Crippen molar-refractivity contribution in [2.75, 3.05) is 13.1 Å². The number of imidazole rings is 1. The first-order chi connectivity index (χ1) is 17.9. The van der Waals surface area contributed by atoms with Gasteiger partial charge in [0.2, 0.25) is 0 Å². The minimum Gasteiger partial charge on any atom is -0.330 e. The average Bonchev–Trinajstić information content (AvgIpc) is 3.30. The van der Waals surface area contributed by atoms with Gasteiger partial charge in [-0.15, -0.1) is 0 Å². The van der Waals surface area contributed by atoms with E-state index in [1.165, 1.54) is 5.56 Å². The molecule has 37 heavy (non-hydrogen) atoms. The lowest BCUT2D eigenvalue weighted by molar-refractivity contribution is -0.209. The molecule has 0 radical (unpaired) electrons. The van der Waals surface area contributed by atoms with Gasteiger partial charge in [-0.25, -0.2) is 4.98 Å². The van der Waals surface area contributed by atoms with Crippen molar-refractivity contribution in [2.24, 2.45) is 11.7 Å². The van der Waals surface area contributed by atoms with Crippen molar-refractivity contribution in [2.45, 2.75) is 39.5 Å². The van der Waals surface area contributed by atoms with Gasteiger partial charge in [0, 0.05) is 34.9 Å². The van der Waals surface area contributed by atoms with E-state index in [0.29, 0.717) is 36.3 Å². The molecule has 0 aliphatic carbocycles. The molecule has 5 nitrogen and oxygen atoms in total. The van der Waals surface area contributed by atoms with Gasteiger partial charge in [0.05, 0.1) is 18.3 Å². The zero-order chi connectivity index (χ0) is 26.2. The summed E-state index contributed by atoms with van der Waals surface area (Å²) in [5.74, 6) is 1.18. The fourth-order valence-corrected chi connectivity index (χ4v) is 4.70. The van der Waals surface area contributed by atoms with E-state index in [0.717, 1.165) is 29.1 Å². The van der Waals surface area contributed by atoms with Crippen molar-refractivity contribution in [3.8, 4) is 11.3 Å². The maximum Gasteiger partial charge on any atom is 0.129 e. The Morgan fingerprint density at radius 1 is 0.919 bits per heavy atom. The summed E-state index contributed by atoms with van der Waals surface area (Å²) in [6.45, 7) is 6.81. The van der Waals surface area contributed by atoms with Crippen LogP contribution >= 0.6 is 23.2 Å². The summed E-state index contributed by atoms with van der Waals surface area (Å²) in [5.41, 5.74) is 10.0. The molecule has 0 spiro atoms. The van der Waals surface area contributed by atoms with Gasteiger partial charge < -0.3 is 10.3 Å². The summed E-state index contributed by atoms with van der Waals surface area (Å²) in [6.07, 6.45) is 2.92. The van der Waals surface area contributed by atoms with Gasteiger partial charge in [-0.05, 0) is 54.3 Å². The van der Waals surface area contributed by atoms with Gasteiger partial charge in [-0.1, -0.05) is 91.6 Å². The van der Waals surface area contributed by atoms with Crippen molar-refractivity contribution in [1.82, 2.24) is 14.6 Å². The molecule has 7 heteroatoms. The molecular weight excluding hydrogens is 503 g/mol. The van der Waals surface area contributed by atoms with Gasteiger partial charge in [0.15, 0.2) is 0 Å². The average molecular weight is 538 g/mol. The summed E-state index contributed by atoms with van der Waals surface area (Å²) < 4.78 is 2.23. The lowest BCUT2D eigenvalue weighted by Crippen LogP contribution is -2.35. The van der Waals surface area contributed by atoms with Gasteiger partial charge in [0.1, 0.15) is 5.82 Å². The molecule has 0 amide bonds. The van der Waals surface area contributed by atoms with E-state index in [-0.39, 0.29) is 12.0 Å². The van der Waals surface area contributed by atoms with Gasteiger partial charge in [0.25, 0.3) is 0 Å². The smallest absolute Gasteiger partial charge is 0.129 e. The summed E-state index contributed by atoms with van der Waals surface area (Å²) in [4.78, 5) is 11.6. The Balaban J connectivity index is 1.72. The fraction of sp³-hybridized carbons (Fsp3) is 0.300. The number of halogens is 2. The van der Waals surface area contributed by atoms with Crippen LogP contribution in [0.1, 0.15) is 43.3 Å². The molecule has 0 fully saturated rings. The number of rotatable bonds is 12. The molecule has 1 atom stereocenters. The molecule has 0 saturated heterocycles. The van der Waals surface area contributed by atoms with Crippen molar-refractivity contribution in [1.29, 1.82) is 0 Å². The summed E-state index contributed by atoms with van der Waals surface area (Å²) in [5, 5.41) is 3.45. The Hall–Kier alpha value is -2.67. The van der Waals surface area contributed by atoms with Crippen LogP contribution in [0, 0.1) is 5.92 Å². The minimum absolute atomic E-state index is 0.0875. The minimum atomic E-state index is -0.0875. The number of hydrogen-bond acceptors (Lipinski definition) is 4. The lowest BCUT2D eigenvalue weighted by Gasteiger charge is -2.33.